The van der Waals surface area contributed by atoms with Crippen LogP contribution in [0.15, 0.2) is 90.2 Å². The molecule has 4 aromatic rings. The number of hydrogen-bond acceptors (Lipinski definition) is 5. The van der Waals surface area contributed by atoms with E-state index < -0.39 is 16.1 Å². The number of methoxy groups -OCH3 is 1. The van der Waals surface area contributed by atoms with E-state index in [1.54, 1.807) is 11.8 Å². The Bertz CT molecular complexity index is 1490. The Morgan fingerprint density at radius 2 is 1.69 bits per heavy atom. The molecule has 1 aliphatic heterocycles. The molecule has 0 radical (unpaired) electrons. The van der Waals surface area contributed by atoms with E-state index in [1.807, 2.05) is 92.0 Å². The number of aryl methyl sites for hydroxylation is 1. The van der Waals surface area contributed by atoms with E-state index in [2.05, 4.69) is 5.10 Å². The van der Waals surface area contributed by atoms with Crippen LogP contribution < -0.4 is 4.74 Å². The molecule has 0 spiro atoms. The zero-order valence-corrected chi connectivity index (χ0v) is 20.6. The first kappa shape index (κ1) is 22.9. The molecule has 0 bridgehead atoms. The summed E-state index contributed by atoms with van der Waals surface area (Å²) >= 11 is 0. The molecule has 0 aliphatic carbocycles. The minimum atomic E-state index is -3.64. The lowest BCUT2D eigenvalue weighted by Crippen LogP contribution is -2.26. The molecule has 7 nitrogen and oxygen atoms in total. The van der Waals surface area contributed by atoms with Crippen LogP contribution in [-0.2, 0) is 10.0 Å². The van der Waals surface area contributed by atoms with Crippen LogP contribution in [0.5, 0.6) is 5.75 Å². The van der Waals surface area contributed by atoms with Gasteiger partial charge >= 0.3 is 0 Å². The lowest BCUT2D eigenvalue weighted by Gasteiger charge is -2.21. The van der Waals surface area contributed by atoms with Crippen LogP contribution in [-0.4, -0.2) is 41.7 Å². The predicted molar refractivity (Wildman–Crippen MR) is 137 cm³/mol. The lowest BCUT2D eigenvalue weighted by molar-refractivity contribution is 0.375. The third-order valence-corrected chi connectivity index (χ3v) is 7.08. The second-order valence-electron chi connectivity index (χ2n) is 8.61. The summed E-state index contributed by atoms with van der Waals surface area (Å²) in [6.45, 7) is 2.03. The van der Waals surface area contributed by atoms with Gasteiger partial charge in [-0.3, -0.25) is 0 Å². The number of ether oxygens (including phenoxy) is 1. The summed E-state index contributed by atoms with van der Waals surface area (Å²) in [5.41, 5.74) is 5.99. The predicted octanol–water partition coefficient (Wildman–Crippen LogP) is 4.97. The van der Waals surface area contributed by atoms with Gasteiger partial charge in [-0.1, -0.05) is 60.2 Å². The number of sulfonamides is 1. The van der Waals surface area contributed by atoms with Gasteiger partial charge in [0.2, 0.25) is 10.0 Å². The van der Waals surface area contributed by atoms with Crippen molar-refractivity contribution < 1.29 is 13.2 Å². The highest BCUT2D eigenvalue weighted by molar-refractivity contribution is 7.88. The molecule has 2 heterocycles. The van der Waals surface area contributed by atoms with Crippen molar-refractivity contribution in [3.63, 3.8) is 0 Å². The SMILES string of the molecule is COc1cccc(C2=NN(S(C)(=O)=O)[C@@H](c3cn(-c4ccccc4)nc3-c3ccc(C)cc3)C2)c1. The Morgan fingerprint density at radius 3 is 2.37 bits per heavy atom. The van der Waals surface area contributed by atoms with Crippen molar-refractivity contribution in [2.45, 2.75) is 19.4 Å². The molecule has 8 heteroatoms. The third kappa shape index (κ3) is 4.57. The van der Waals surface area contributed by atoms with E-state index in [0.29, 0.717) is 17.9 Å². The van der Waals surface area contributed by atoms with Gasteiger partial charge in [0, 0.05) is 29.3 Å². The van der Waals surface area contributed by atoms with E-state index >= 15 is 0 Å². The Labute approximate surface area is 205 Å². The summed E-state index contributed by atoms with van der Waals surface area (Å²) in [7, 11) is -2.04. The Kier molecular flexibility index (Phi) is 5.90. The van der Waals surface area contributed by atoms with Crippen LogP contribution in [0.25, 0.3) is 16.9 Å². The van der Waals surface area contributed by atoms with Crippen molar-refractivity contribution in [3.8, 4) is 22.7 Å². The van der Waals surface area contributed by atoms with Crippen molar-refractivity contribution in [3.05, 3.63) is 102 Å². The normalized spacial score (nSPS) is 15.8. The summed E-state index contributed by atoms with van der Waals surface area (Å²) in [6.07, 6.45) is 3.52. The molecule has 0 fully saturated rings. The van der Waals surface area contributed by atoms with Gasteiger partial charge in [-0.25, -0.2) is 13.1 Å². The fraction of sp³-hybridized carbons (Fsp3) is 0.185. The number of rotatable bonds is 6. The molecule has 5 rings (SSSR count). The molecule has 0 amide bonds. The summed E-state index contributed by atoms with van der Waals surface area (Å²) in [4.78, 5) is 0. The molecule has 0 saturated heterocycles. The molecule has 1 aliphatic rings. The molecule has 0 N–H and O–H groups in total. The van der Waals surface area contributed by atoms with Gasteiger partial charge in [0.25, 0.3) is 0 Å². The standard InChI is InChI=1S/C27H26N4O3S/c1-19-12-14-20(15-13-19)27-24(18-30(29-27)22-9-5-4-6-10-22)26-17-25(28-31(26)35(3,32)33)21-8-7-11-23(16-21)34-2/h4-16,18,26H,17H2,1-3H3/t26-/m1/s1. The average Bonchev–Trinajstić information content (AvgIpc) is 3.50. The van der Waals surface area contributed by atoms with E-state index in [4.69, 9.17) is 9.84 Å². The van der Waals surface area contributed by atoms with Crippen LogP contribution in [0.3, 0.4) is 0 Å². The summed E-state index contributed by atoms with van der Waals surface area (Å²) < 4.78 is 34.1. The fourth-order valence-corrected chi connectivity index (χ4v) is 5.18. The average molecular weight is 487 g/mol. The fourth-order valence-electron chi connectivity index (χ4n) is 4.28. The molecular weight excluding hydrogens is 460 g/mol. The largest absolute Gasteiger partial charge is 0.497 e. The zero-order valence-electron chi connectivity index (χ0n) is 19.8. The number of nitrogens with zero attached hydrogens (tertiary/aromatic N) is 4. The maximum Gasteiger partial charge on any atom is 0.247 e. The highest BCUT2D eigenvalue weighted by Crippen LogP contribution is 2.39. The minimum absolute atomic E-state index is 0.416. The van der Waals surface area contributed by atoms with Gasteiger partial charge < -0.3 is 4.74 Å². The van der Waals surface area contributed by atoms with Gasteiger partial charge in [-0.2, -0.15) is 14.6 Å². The smallest absolute Gasteiger partial charge is 0.247 e. The Balaban J connectivity index is 1.64. The first-order chi connectivity index (χ1) is 16.8. The first-order valence-electron chi connectivity index (χ1n) is 11.3. The van der Waals surface area contributed by atoms with Crippen molar-refractivity contribution in [1.29, 1.82) is 0 Å². The second-order valence-corrected chi connectivity index (χ2v) is 10.5. The number of aromatic nitrogens is 2. The van der Waals surface area contributed by atoms with Crippen molar-refractivity contribution in [2.24, 2.45) is 5.10 Å². The molecule has 1 atom stereocenters. The zero-order chi connectivity index (χ0) is 24.6. The third-order valence-electron chi connectivity index (χ3n) is 6.06. The van der Waals surface area contributed by atoms with Gasteiger partial charge in [0.05, 0.1) is 36.5 Å². The van der Waals surface area contributed by atoms with Crippen molar-refractivity contribution >= 4 is 15.7 Å². The van der Waals surface area contributed by atoms with Crippen molar-refractivity contribution in [1.82, 2.24) is 14.2 Å². The highest BCUT2D eigenvalue weighted by Gasteiger charge is 2.37. The van der Waals surface area contributed by atoms with E-state index in [9.17, 15) is 8.42 Å². The second kappa shape index (κ2) is 9.03. The molecule has 178 valence electrons. The van der Waals surface area contributed by atoms with Crippen LogP contribution in [0, 0.1) is 6.92 Å². The quantitative estimate of drug-likeness (QED) is 0.386. The minimum Gasteiger partial charge on any atom is -0.497 e. The highest BCUT2D eigenvalue weighted by atomic mass is 32.2. The molecule has 1 aromatic heterocycles. The molecule has 3 aromatic carbocycles. The van der Waals surface area contributed by atoms with E-state index in [1.165, 1.54) is 10.7 Å². The lowest BCUT2D eigenvalue weighted by atomic mass is 9.97. The van der Waals surface area contributed by atoms with Crippen molar-refractivity contribution in [2.75, 3.05) is 13.4 Å². The number of hydrazone groups is 1. The van der Waals surface area contributed by atoms with Crippen LogP contribution in [0.2, 0.25) is 0 Å². The molecular formula is C27H26N4O3S. The first-order valence-corrected chi connectivity index (χ1v) is 13.1. The summed E-state index contributed by atoms with van der Waals surface area (Å²) in [5, 5.41) is 9.45. The molecule has 0 saturated carbocycles. The van der Waals surface area contributed by atoms with E-state index in [-0.39, 0.29) is 0 Å². The van der Waals surface area contributed by atoms with Crippen LogP contribution in [0.1, 0.15) is 29.2 Å². The maximum atomic E-state index is 12.9. The monoisotopic (exact) mass is 486 g/mol. The number of para-hydroxylation sites is 1. The Morgan fingerprint density at radius 1 is 0.943 bits per heavy atom. The van der Waals surface area contributed by atoms with E-state index in [0.717, 1.165) is 33.6 Å². The summed E-state index contributed by atoms with van der Waals surface area (Å²) in [5.74, 6) is 0.691. The van der Waals surface area contributed by atoms with Gasteiger partial charge in [0.15, 0.2) is 0 Å². The number of hydrogen-bond donors (Lipinski definition) is 0. The topological polar surface area (TPSA) is 76.8 Å². The summed E-state index contributed by atoms with van der Waals surface area (Å²) in [6, 6.07) is 24.9. The van der Waals surface area contributed by atoms with Crippen LogP contribution in [0.4, 0.5) is 0 Å². The van der Waals surface area contributed by atoms with Gasteiger partial charge in [0.1, 0.15) is 5.75 Å². The van der Waals surface area contributed by atoms with Gasteiger partial charge in [-0.05, 0) is 31.2 Å². The van der Waals surface area contributed by atoms with Crippen LogP contribution >= 0.6 is 0 Å². The molecule has 0 unspecified atom stereocenters. The number of benzene rings is 3. The maximum absolute atomic E-state index is 12.9. The van der Waals surface area contributed by atoms with Gasteiger partial charge in [-0.15, -0.1) is 0 Å². The Hall–Kier alpha value is -3.91. The molecule has 35 heavy (non-hydrogen) atoms.